The minimum absolute atomic E-state index is 0.0242. The average molecular weight is 437 g/mol. The molecule has 0 saturated carbocycles. The summed E-state index contributed by atoms with van der Waals surface area (Å²) < 4.78 is 11.1. The van der Waals surface area contributed by atoms with Gasteiger partial charge >= 0.3 is 0 Å². The molecular weight excluding hydrogens is 404 g/mol. The van der Waals surface area contributed by atoms with E-state index in [0.29, 0.717) is 24.4 Å². The summed E-state index contributed by atoms with van der Waals surface area (Å²) in [4.78, 5) is 30.9. The zero-order valence-electron chi connectivity index (χ0n) is 19.2. The van der Waals surface area contributed by atoms with Gasteiger partial charge in [-0.3, -0.25) is 9.59 Å². The number of amides is 2. The fourth-order valence-corrected chi connectivity index (χ4v) is 5.00. The lowest BCUT2D eigenvalue weighted by Gasteiger charge is -2.31. The van der Waals surface area contributed by atoms with Crippen molar-refractivity contribution in [2.45, 2.75) is 32.1 Å². The van der Waals surface area contributed by atoms with Crippen LogP contribution in [0.4, 0.5) is 0 Å². The zero-order chi connectivity index (χ0) is 22.7. The van der Waals surface area contributed by atoms with Crippen molar-refractivity contribution in [1.82, 2.24) is 9.80 Å². The van der Waals surface area contributed by atoms with Gasteiger partial charge in [-0.1, -0.05) is 18.2 Å². The first-order valence-electron chi connectivity index (χ1n) is 11.4. The van der Waals surface area contributed by atoms with Crippen LogP contribution in [0.5, 0.6) is 11.5 Å². The van der Waals surface area contributed by atoms with Crippen LogP contribution in [0.25, 0.3) is 0 Å². The summed E-state index contributed by atoms with van der Waals surface area (Å²) in [5, 5.41) is 0. The third-order valence-electron chi connectivity index (χ3n) is 6.80. The highest BCUT2D eigenvalue weighted by Gasteiger charge is 2.43. The van der Waals surface area contributed by atoms with Crippen molar-refractivity contribution in [1.29, 1.82) is 0 Å². The summed E-state index contributed by atoms with van der Waals surface area (Å²) in [6, 6.07) is 13.3. The Kier molecular flexibility index (Phi) is 6.68. The monoisotopic (exact) mass is 436 g/mol. The predicted octanol–water partition coefficient (Wildman–Crippen LogP) is 3.88. The molecule has 2 aliphatic heterocycles. The van der Waals surface area contributed by atoms with Gasteiger partial charge in [0.1, 0.15) is 11.5 Å². The molecule has 2 aliphatic rings. The maximum Gasteiger partial charge on any atom is 0.254 e. The van der Waals surface area contributed by atoms with E-state index >= 15 is 0 Å². The molecule has 0 aliphatic carbocycles. The largest absolute Gasteiger partial charge is 0.497 e. The Morgan fingerprint density at radius 3 is 2.34 bits per heavy atom. The highest BCUT2D eigenvalue weighted by Crippen LogP contribution is 2.41. The molecule has 0 N–H and O–H groups in total. The molecule has 0 spiro atoms. The van der Waals surface area contributed by atoms with Crippen LogP contribution in [0.15, 0.2) is 42.5 Å². The first kappa shape index (κ1) is 22.2. The summed E-state index contributed by atoms with van der Waals surface area (Å²) in [6.07, 6.45) is 3.24. The third-order valence-corrected chi connectivity index (χ3v) is 6.80. The van der Waals surface area contributed by atoms with Gasteiger partial charge < -0.3 is 19.3 Å². The number of nitrogens with zero attached hydrogens (tertiary/aromatic N) is 2. The van der Waals surface area contributed by atoms with E-state index in [-0.39, 0.29) is 23.7 Å². The predicted molar refractivity (Wildman–Crippen MR) is 123 cm³/mol. The number of hydrogen-bond acceptors (Lipinski definition) is 4. The van der Waals surface area contributed by atoms with Gasteiger partial charge in [0.25, 0.3) is 5.91 Å². The molecular formula is C26H32N2O4. The average Bonchev–Trinajstić information content (AvgIpc) is 3.29. The number of carbonyl (C=O) groups excluding carboxylic acids is 2. The summed E-state index contributed by atoms with van der Waals surface area (Å²) in [7, 11) is 3.27. The number of ether oxygens (including phenoxy) is 2. The molecule has 2 atom stereocenters. The Balaban J connectivity index is 1.69. The second kappa shape index (κ2) is 9.63. The summed E-state index contributed by atoms with van der Waals surface area (Å²) in [5.41, 5.74) is 2.55. The Labute approximate surface area is 190 Å². The molecule has 2 aromatic rings. The Morgan fingerprint density at radius 1 is 0.906 bits per heavy atom. The van der Waals surface area contributed by atoms with Crippen molar-refractivity contribution in [3.63, 3.8) is 0 Å². The van der Waals surface area contributed by atoms with Crippen LogP contribution in [0.3, 0.4) is 0 Å². The van der Waals surface area contributed by atoms with Crippen LogP contribution in [-0.4, -0.2) is 62.0 Å². The molecule has 2 amide bonds. The zero-order valence-corrected chi connectivity index (χ0v) is 19.2. The lowest BCUT2D eigenvalue weighted by atomic mass is 9.86. The molecule has 0 aromatic heterocycles. The van der Waals surface area contributed by atoms with Crippen LogP contribution >= 0.6 is 0 Å². The molecule has 0 bridgehead atoms. The Morgan fingerprint density at radius 2 is 1.66 bits per heavy atom. The van der Waals surface area contributed by atoms with E-state index in [1.54, 1.807) is 14.2 Å². The van der Waals surface area contributed by atoms with E-state index in [2.05, 4.69) is 0 Å². The molecule has 2 fully saturated rings. The van der Waals surface area contributed by atoms with Gasteiger partial charge in [0.2, 0.25) is 5.91 Å². The fraction of sp³-hybridized carbons (Fsp3) is 0.462. The van der Waals surface area contributed by atoms with Crippen LogP contribution in [0.2, 0.25) is 0 Å². The van der Waals surface area contributed by atoms with Crippen molar-refractivity contribution < 1.29 is 19.1 Å². The second-order valence-electron chi connectivity index (χ2n) is 8.73. The number of benzene rings is 2. The molecule has 6 heteroatoms. The molecule has 4 rings (SSSR count). The number of carbonyl (C=O) groups is 2. The normalized spacial score (nSPS) is 20.8. The Bertz CT molecular complexity index is 984. The van der Waals surface area contributed by atoms with E-state index in [9.17, 15) is 9.59 Å². The van der Waals surface area contributed by atoms with Gasteiger partial charge in [-0.15, -0.1) is 0 Å². The van der Waals surface area contributed by atoms with Crippen molar-refractivity contribution in [2.24, 2.45) is 5.92 Å². The minimum Gasteiger partial charge on any atom is -0.497 e. The summed E-state index contributed by atoms with van der Waals surface area (Å²) >= 11 is 0. The van der Waals surface area contributed by atoms with Gasteiger partial charge in [0.05, 0.1) is 20.1 Å². The number of hydrogen-bond donors (Lipinski definition) is 0. The number of piperidine rings is 1. The van der Waals surface area contributed by atoms with Gasteiger partial charge in [0, 0.05) is 43.2 Å². The van der Waals surface area contributed by atoms with Gasteiger partial charge in [-0.2, -0.15) is 0 Å². The van der Waals surface area contributed by atoms with E-state index in [1.165, 1.54) is 6.42 Å². The highest BCUT2D eigenvalue weighted by molar-refractivity contribution is 5.96. The van der Waals surface area contributed by atoms with E-state index in [1.807, 2.05) is 59.2 Å². The van der Waals surface area contributed by atoms with Crippen LogP contribution in [0.1, 0.15) is 46.7 Å². The lowest BCUT2D eigenvalue weighted by Crippen LogP contribution is -2.42. The third kappa shape index (κ3) is 4.31. The van der Waals surface area contributed by atoms with Crippen LogP contribution in [0, 0.1) is 12.8 Å². The molecule has 0 unspecified atom stereocenters. The fourth-order valence-electron chi connectivity index (χ4n) is 5.00. The maximum absolute atomic E-state index is 13.6. The summed E-state index contributed by atoms with van der Waals surface area (Å²) in [5.74, 6) is 1.10. The summed E-state index contributed by atoms with van der Waals surface area (Å²) in [6.45, 7) is 4.42. The van der Waals surface area contributed by atoms with Gasteiger partial charge in [-0.05, 0) is 56.0 Å². The van der Waals surface area contributed by atoms with E-state index in [0.717, 1.165) is 42.8 Å². The van der Waals surface area contributed by atoms with Crippen molar-refractivity contribution in [2.75, 3.05) is 40.4 Å². The Hall–Kier alpha value is -3.02. The van der Waals surface area contributed by atoms with E-state index < -0.39 is 0 Å². The molecule has 2 heterocycles. The smallest absolute Gasteiger partial charge is 0.254 e. The molecule has 2 saturated heterocycles. The van der Waals surface area contributed by atoms with Crippen molar-refractivity contribution in [3.8, 4) is 11.5 Å². The minimum atomic E-state index is -0.304. The van der Waals surface area contributed by atoms with Gasteiger partial charge in [0.15, 0.2) is 0 Å². The van der Waals surface area contributed by atoms with Crippen LogP contribution in [-0.2, 0) is 4.79 Å². The van der Waals surface area contributed by atoms with Gasteiger partial charge in [-0.25, -0.2) is 0 Å². The standard InChI is InChI=1S/C26H32N2O4/c1-18-9-5-6-10-20(18)25(29)28-16-22(21-15-19(31-2)11-12-24(21)32-3)23(17-28)26(30)27-13-7-4-8-14-27/h5-6,9-12,15,22-23H,4,7-8,13-14,16-17H2,1-3H3/t22-,23-/m0/s1. The topological polar surface area (TPSA) is 59.1 Å². The van der Waals surface area contributed by atoms with Crippen molar-refractivity contribution in [3.05, 3.63) is 59.2 Å². The number of methoxy groups -OCH3 is 2. The highest BCUT2D eigenvalue weighted by atomic mass is 16.5. The number of aryl methyl sites for hydroxylation is 1. The molecule has 0 radical (unpaired) electrons. The SMILES string of the molecule is COc1ccc(OC)c([C@@H]2CN(C(=O)c3ccccc3C)C[C@@H]2C(=O)N2CCCCC2)c1. The maximum atomic E-state index is 13.6. The quantitative estimate of drug-likeness (QED) is 0.714. The number of rotatable bonds is 5. The van der Waals surface area contributed by atoms with E-state index in [4.69, 9.17) is 9.47 Å². The molecule has 170 valence electrons. The van der Waals surface area contributed by atoms with Crippen LogP contribution < -0.4 is 9.47 Å². The first-order valence-corrected chi connectivity index (χ1v) is 11.4. The second-order valence-corrected chi connectivity index (χ2v) is 8.73. The lowest BCUT2D eigenvalue weighted by molar-refractivity contribution is -0.136. The van der Waals surface area contributed by atoms with Crippen molar-refractivity contribution >= 4 is 11.8 Å². The first-order chi connectivity index (χ1) is 15.5. The number of likely N-dealkylation sites (tertiary alicyclic amines) is 2. The molecule has 32 heavy (non-hydrogen) atoms. The molecule has 6 nitrogen and oxygen atoms in total. The molecule has 2 aromatic carbocycles.